The molecular formula is C10H21NO2. The van der Waals surface area contributed by atoms with Crippen molar-refractivity contribution in [3.05, 3.63) is 0 Å². The predicted octanol–water partition coefficient (Wildman–Crippen LogP) is 0.901. The Morgan fingerprint density at radius 1 is 1.62 bits per heavy atom. The summed E-state index contributed by atoms with van der Waals surface area (Å²) >= 11 is 0. The summed E-state index contributed by atoms with van der Waals surface area (Å²) in [6, 6.07) is 0. The van der Waals surface area contributed by atoms with E-state index in [9.17, 15) is 0 Å². The minimum absolute atomic E-state index is 0.0538. The smallest absolute Gasteiger partial charge is 0.0622 e. The van der Waals surface area contributed by atoms with Crippen molar-refractivity contribution in [2.75, 3.05) is 13.2 Å². The van der Waals surface area contributed by atoms with Crippen molar-refractivity contribution in [3.63, 3.8) is 0 Å². The van der Waals surface area contributed by atoms with Crippen LogP contribution in [0.1, 0.15) is 33.6 Å². The molecule has 1 aliphatic heterocycles. The van der Waals surface area contributed by atoms with Crippen LogP contribution in [0.3, 0.4) is 0 Å². The third-order valence-electron chi connectivity index (χ3n) is 3.54. The number of hydrogen-bond donors (Lipinski definition) is 2. The first kappa shape index (κ1) is 11.0. The molecule has 0 aliphatic carbocycles. The minimum Gasteiger partial charge on any atom is -0.396 e. The first-order valence-corrected chi connectivity index (χ1v) is 4.95. The SMILES string of the molecule is CC1OCCC1(CCO)C(C)(C)N. The standard InChI is InChI=1S/C10H21NO2/c1-8-10(4-6-12,5-7-13-8)9(2,3)11/h8,12H,4-7,11H2,1-3H3. The van der Waals surface area contributed by atoms with E-state index in [0.717, 1.165) is 19.4 Å². The summed E-state index contributed by atoms with van der Waals surface area (Å²) < 4.78 is 5.56. The van der Waals surface area contributed by atoms with Crippen molar-refractivity contribution in [1.29, 1.82) is 0 Å². The Morgan fingerprint density at radius 3 is 2.54 bits per heavy atom. The molecule has 0 radical (unpaired) electrons. The molecule has 1 rings (SSSR count). The van der Waals surface area contributed by atoms with Crippen molar-refractivity contribution in [3.8, 4) is 0 Å². The third kappa shape index (κ3) is 1.73. The lowest BCUT2D eigenvalue weighted by atomic mass is 9.65. The molecule has 1 aliphatic rings. The Labute approximate surface area is 80.3 Å². The lowest BCUT2D eigenvalue weighted by Gasteiger charge is -2.43. The highest BCUT2D eigenvalue weighted by Gasteiger charge is 2.49. The second-order valence-electron chi connectivity index (χ2n) is 4.61. The first-order valence-electron chi connectivity index (χ1n) is 4.95. The van der Waals surface area contributed by atoms with Gasteiger partial charge >= 0.3 is 0 Å². The maximum absolute atomic E-state index is 9.06. The zero-order valence-electron chi connectivity index (χ0n) is 8.84. The van der Waals surface area contributed by atoms with Gasteiger partial charge in [0.05, 0.1) is 6.10 Å². The Balaban J connectivity index is 2.87. The maximum atomic E-state index is 9.06. The fourth-order valence-corrected chi connectivity index (χ4v) is 2.48. The largest absolute Gasteiger partial charge is 0.396 e. The number of ether oxygens (including phenoxy) is 1. The monoisotopic (exact) mass is 187 g/mol. The number of hydrogen-bond acceptors (Lipinski definition) is 3. The van der Waals surface area contributed by atoms with Crippen molar-refractivity contribution < 1.29 is 9.84 Å². The molecule has 0 saturated carbocycles. The second kappa shape index (κ2) is 3.56. The molecule has 0 amide bonds. The zero-order chi connectivity index (χ0) is 10.1. The van der Waals surface area contributed by atoms with Gasteiger partial charge in [-0.25, -0.2) is 0 Å². The van der Waals surface area contributed by atoms with Gasteiger partial charge in [-0.05, 0) is 33.6 Å². The predicted molar refractivity (Wildman–Crippen MR) is 52.4 cm³/mol. The van der Waals surface area contributed by atoms with Gasteiger partial charge in [0, 0.05) is 24.2 Å². The maximum Gasteiger partial charge on any atom is 0.0622 e. The Bertz CT molecular complexity index is 176. The zero-order valence-corrected chi connectivity index (χ0v) is 8.84. The van der Waals surface area contributed by atoms with Crippen LogP contribution in [0.25, 0.3) is 0 Å². The average molecular weight is 187 g/mol. The topological polar surface area (TPSA) is 55.5 Å². The van der Waals surface area contributed by atoms with Gasteiger partial charge in [-0.2, -0.15) is 0 Å². The van der Waals surface area contributed by atoms with Gasteiger partial charge in [-0.15, -0.1) is 0 Å². The van der Waals surface area contributed by atoms with E-state index >= 15 is 0 Å². The van der Waals surface area contributed by atoms with Crippen molar-refractivity contribution in [1.82, 2.24) is 0 Å². The van der Waals surface area contributed by atoms with Crippen LogP contribution in [0.2, 0.25) is 0 Å². The lowest BCUT2D eigenvalue weighted by Crippen LogP contribution is -2.54. The molecule has 0 spiro atoms. The minimum atomic E-state index is -0.286. The van der Waals surface area contributed by atoms with Gasteiger partial charge in [0.1, 0.15) is 0 Å². The molecule has 1 heterocycles. The van der Waals surface area contributed by atoms with Crippen molar-refractivity contribution in [2.45, 2.75) is 45.3 Å². The number of rotatable bonds is 3. The van der Waals surface area contributed by atoms with Crippen LogP contribution in [0.4, 0.5) is 0 Å². The number of aliphatic hydroxyl groups excluding tert-OH is 1. The molecule has 0 aromatic rings. The van der Waals surface area contributed by atoms with Crippen molar-refractivity contribution in [2.24, 2.45) is 11.1 Å². The fourth-order valence-electron chi connectivity index (χ4n) is 2.48. The molecule has 1 fully saturated rings. The summed E-state index contributed by atoms with van der Waals surface area (Å²) in [7, 11) is 0. The summed E-state index contributed by atoms with van der Waals surface area (Å²) in [6.45, 7) is 7.05. The first-order chi connectivity index (χ1) is 5.94. The van der Waals surface area contributed by atoms with Gasteiger partial charge in [-0.1, -0.05) is 0 Å². The molecule has 0 aromatic carbocycles. The van der Waals surface area contributed by atoms with Crippen molar-refractivity contribution >= 4 is 0 Å². The number of nitrogens with two attached hydrogens (primary N) is 1. The normalized spacial score (nSPS) is 35.3. The molecule has 0 bridgehead atoms. The summed E-state index contributed by atoms with van der Waals surface area (Å²) in [6.07, 6.45) is 1.84. The summed E-state index contributed by atoms with van der Waals surface area (Å²) in [5.74, 6) is 0. The molecule has 78 valence electrons. The quantitative estimate of drug-likeness (QED) is 0.690. The van der Waals surface area contributed by atoms with E-state index < -0.39 is 0 Å². The summed E-state index contributed by atoms with van der Waals surface area (Å²) in [5, 5.41) is 9.06. The second-order valence-corrected chi connectivity index (χ2v) is 4.61. The van der Waals surface area contributed by atoms with Crippen LogP contribution < -0.4 is 5.73 Å². The van der Waals surface area contributed by atoms with Gasteiger partial charge in [0.25, 0.3) is 0 Å². The fraction of sp³-hybridized carbons (Fsp3) is 1.00. The van der Waals surface area contributed by atoms with Gasteiger partial charge < -0.3 is 15.6 Å². The molecule has 13 heavy (non-hydrogen) atoms. The highest BCUT2D eigenvalue weighted by Crippen LogP contribution is 2.45. The van der Waals surface area contributed by atoms with E-state index in [1.54, 1.807) is 0 Å². The Kier molecular flexibility index (Phi) is 3.00. The molecule has 1 saturated heterocycles. The van der Waals surface area contributed by atoms with Crippen LogP contribution >= 0.6 is 0 Å². The van der Waals surface area contributed by atoms with E-state index in [2.05, 4.69) is 6.92 Å². The average Bonchev–Trinajstić information content (AvgIpc) is 2.33. The van der Waals surface area contributed by atoms with E-state index in [1.807, 2.05) is 13.8 Å². The molecule has 2 unspecified atom stereocenters. The highest BCUT2D eigenvalue weighted by atomic mass is 16.5. The molecule has 3 nitrogen and oxygen atoms in total. The lowest BCUT2D eigenvalue weighted by molar-refractivity contribution is 0.00857. The van der Waals surface area contributed by atoms with E-state index in [0.29, 0.717) is 0 Å². The molecule has 2 atom stereocenters. The summed E-state index contributed by atoms with van der Waals surface area (Å²) in [4.78, 5) is 0. The van der Waals surface area contributed by atoms with E-state index in [-0.39, 0.29) is 23.7 Å². The van der Waals surface area contributed by atoms with Gasteiger partial charge in [-0.3, -0.25) is 0 Å². The van der Waals surface area contributed by atoms with Crippen LogP contribution in [-0.4, -0.2) is 30.0 Å². The Morgan fingerprint density at radius 2 is 2.23 bits per heavy atom. The molecule has 0 aromatic heterocycles. The molecule has 3 heteroatoms. The molecule has 3 N–H and O–H groups in total. The third-order valence-corrected chi connectivity index (χ3v) is 3.54. The highest BCUT2D eigenvalue weighted by molar-refractivity contribution is 5.02. The van der Waals surface area contributed by atoms with Crippen LogP contribution in [0.5, 0.6) is 0 Å². The summed E-state index contributed by atoms with van der Waals surface area (Å²) in [5.41, 5.74) is 5.82. The van der Waals surface area contributed by atoms with Gasteiger partial charge in [0.15, 0.2) is 0 Å². The number of aliphatic hydroxyl groups is 1. The van der Waals surface area contributed by atoms with Gasteiger partial charge in [0.2, 0.25) is 0 Å². The Hall–Kier alpha value is -0.120. The van der Waals surface area contributed by atoms with E-state index in [4.69, 9.17) is 15.6 Å². The van der Waals surface area contributed by atoms with Crippen LogP contribution in [0, 0.1) is 5.41 Å². The molecular weight excluding hydrogens is 166 g/mol. The van der Waals surface area contributed by atoms with Crippen LogP contribution in [0.15, 0.2) is 0 Å². The van der Waals surface area contributed by atoms with Crippen LogP contribution in [-0.2, 0) is 4.74 Å². The van der Waals surface area contributed by atoms with E-state index in [1.165, 1.54) is 0 Å².